The topological polar surface area (TPSA) is 76.7 Å². The normalized spacial score (nSPS) is 10.6. The average molecular weight is 565 g/mol. The molecule has 0 saturated carbocycles. The number of carbonyl (C=O) groups is 2. The highest BCUT2D eigenvalue weighted by Gasteiger charge is 2.10. The lowest BCUT2D eigenvalue weighted by Gasteiger charge is -2.15. The number of ether oxygens (including phenoxy) is 2. The summed E-state index contributed by atoms with van der Waals surface area (Å²) in [6.45, 7) is 2.05. The molecule has 0 unspecified atom stereocenters. The van der Waals surface area contributed by atoms with E-state index in [9.17, 15) is 9.59 Å². The molecule has 0 radical (unpaired) electrons. The quantitative estimate of drug-likeness (QED) is 0.145. The monoisotopic (exact) mass is 564 g/mol. The third-order valence-corrected chi connectivity index (χ3v) is 6.85. The summed E-state index contributed by atoms with van der Waals surface area (Å²) < 4.78 is 12.3. The Kier molecular flexibility index (Phi) is 12.5. The van der Waals surface area contributed by atoms with Gasteiger partial charge in [0.1, 0.15) is 13.2 Å². The van der Waals surface area contributed by atoms with E-state index in [4.69, 9.17) is 9.47 Å². The summed E-state index contributed by atoms with van der Waals surface area (Å²) in [4.78, 5) is 24.4. The van der Waals surface area contributed by atoms with Gasteiger partial charge in [-0.2, -0.15) is 0 Å². The lowest BCUT2D eigenvalue weighted by Crippen LogP contribution is -2.26. The molecule has 0 aliphatic heterocycles. The summed E-state index contributed by atoms with van der Waals surface area (Å²) in [5, 5.41) is 5.95. The van der Waals surface area contributed by atoms with Crippen molar-refractivity contribution in [1.29, 1.82) is 0 Å². The van der Waals surface area contributed by atoms with Crippen LogP contribution in [0.25, 0.3) is 0 Å². The van der Waals surface area contributed by atoms with E-state index < -0.39 is 0 Å². The first-order chi connectivity index (χ1) is 20.7. The van der Waals surface area contributed by atoms with Crippen molar-refractivity contribution in [3.05, 3.63) is 131 Å². The van der Waals surface area contributed by atoms with Crippen LogP contribution in [0, 0.1) is 0 Å². The highest BCUT2D eigenvalue weighted by atomic mass is 16.5. The molecule has 0 fully saturated rings. The molecular weight excluding hydrogens is 524 g/mol. The molecule has 0 atom stereocenters. The largest absolute Gasteiger partial charge is 0.485 e. The van der Waals surface area contributed by atoms with Crippen LogP contribution < -0.4 is 20.1 Å². The molecule has 42 heavy (non-hydrogen) atoms. The summed E-state index contributed by atoms with van der Waals surface area (Å²) in [6.07, 6.45) is 3.72. The Balaban J connectivity index is 1.17. The highest BCUT2D eigenvalue weighted by molar-refractivity contribution is 5.77. The molecule has 6 heteroatoms. The summed E-state index contributed by atoms with van der Waals surface area (Å²) in [5.41, 5.74) is 4.42. The van der Waals surface area contributed by atoms with Gasteiger partial charge >= 0.3 is 0 Å². The van der Waals surface area contributed by atoms with Crippen LogP contribution in [0.15, 0.2) is 109 Å². The number of benzene rings is 4. The molecule has 0 saturated heterocycles. The van der Waals surface area contributed by atoms with Gasteiger partial charge < -0.3 is 20.1 Å². The van der Waals surface area contributed by atoms with Gasteiger partial charge in [0, 0.05) is 25.9 Å². The van der Waals surface area contributed by atoms with Gasteiger partial charge in [-0.15, -0.1) is 0 Å². The average Bonchev–Trinajstić information content (AvgIpc) is 3.03. The van der Waals surface area contributed by atoms with Gasteiger partial charge in [0.05, 0.1) is 0 Å². The van der Waals surface area contributed by atoms with Crippen LogP contribution in [0.1, 0.15) is 47.9 Å². The minimum absolute atomic E-state index is 0.00264. The number of nitrogens with one attached hydrogen (secondary N) is 2. The zero-order valence-corrected chi connectivity index (χ0v) is 24.1. The summed E-state index contributed by atoms with van der Waals surface area (Å²) in [6, 6.07) is 36.1. The molecule has 218 valence electrons. The number of rotatable bonds is 17. The van der Waals surface area contributed by atoms with Crippen LogP contribution in [-0.4, -0.2) is 24.9 Å². The number of amides is 2. The molecular formula is C36H40N2O4. The van der Waals surface area contributed by atoms with Gasteiger partial charge in [-0.1, -0.05) is 97.1 Å². The predicted molar refractivity (Wildman–Crippen MR) is 166 cm³/mol. The Hall–Kier alpha value is -4.58. The Labute approximate surface area is 249 Å². The zero-order valence-electron chi connectivity index (χ0n) is 24.1. The fraction of sp³-hybridized carbons (Fsp3) is 0.278. The summed E-state index contributed by atoms with van der Waals surface area (Å²) in [7, 11) is 0. The van der Waals surface area contributed by atoms with E-state index in [2.05, 4.69) is 22.8 Å². The molecule has 0 aliphatic rings. The summed E-state index contributed by atoms with van der Waals surface area (Å²) >= 11 is 0. The standard InChI is InChI=1S/C36H40N2O4/c39-35(37-24-22-29-12-4-1-5-13-29)18-10-11-19-36(40)38-25-23-30-20-21-33(41-27-31-14-6-2-7-15-31)34(26-30)42-28-32-16-8-3-9-17-32/h1-9,12-17,20-21,26H,10-11,18-19,22-25,27-28H2,(H,37,39)(H,38,40). The number of hydrogen-bond acceptors (Lipinski definition) is 4. The second kappa shape index (κ2) is 17.3. The molecule has 0 bridgehead atoms. The van der Waals surface area contributed by atoms with Crippen molar-refractivity contribution in [2.45, 2.75) is 51.7 Å². The third kappa shape index (κ3) is 11.1. The van der Waals surface area contributed by atoms with Crippen LogP contribution in [0.5, 0.6) is 11.5 Å². The second-order valence-electron chi connectivity index (χ2n) is 10.2. The SMILES string of the molecule is O=C(CCCCC(=O)NCCc1ccc(OCc2ccccc2)c(OCc2ccccc2)c1)NCCc1ccccc1. The van der Waals surface area contributed by atoms with Crippen molar-refractivity contribution in [3.8, 4) is 11.5 Å². The second-order valence-corrected chi connectivity index (χ2v) is 10.2. The van der Waals surface area contributed by atoms with Gasteiger partial charge in [0.25, 0.3) is 0 Å². The van der Waals surface area contributed by atoms with Gasteiger partial charge in [-0.25, -0.2) is 0 Å². The molecule has 2 N–H and O–H groups in total. The van der Waals surface area contributed by atoms with Gasteiger partial charge in [-0.05, 0) is 60.1 Å². The van der Waals surface area contributed by atoms with Gasteiger partial charge in [-0.3, -0.25) is 9.59 Å². The van der Waals surface area contributed by atoms with Crippen molar-refractivity contribution in [2.75, 3.05) is 13.1 Å². The van der Waals surface area contributed by atoms with E-state index in [0.29, 0.717) is 69.9 Å². The smallest absolute Gasteiger partial charge is 0.220 e. The van der Waals surface area contributed by atoms with E-state index >= 15 is 0 Å². The minimum Gasteiger partial charge on any atom is -0.485 e. The lowest BCUT2D eigenvalue weighted by molar-refractivity contribution is -0.123. The fourth-order valence-corrected chi connectivity index (χ4v) is 4.50. The van der Waals surface area contributed by atoms with E-state index in [-0.39, 0.29) is 11.8 Å². The molecule has 0 aromatic heterocycles. The van der Waals surface area contributed by atoms with Crippen molar-refractivity contribution in [1.82, 2.24) is 10.6 Å². The van der Waals surface area contributed by atoms with Crippen molar-refractivity contribution in [3.63, 3.8) is 0 Å². The molecule has 0 spiro atoms. The minimum atomic E-state index is 0.00264. The predicted octanol–water partition coefficient (Wildman–Crippen LogP) is 6.42. The van der Waals surface area contributed by atoms with E-state index in [1.807, 2.05) is 97.1 Å². The van der Waals surface area contributed by atoms with Crippen LogP contribution >= 0.6 is 0 Å². The molecule has 2 amide bonds. The molecule has 0 aliphatic carbocycles. The maximum Gasteiger partial charge on any atom is 0.220 e. The molecule has 4 aromatic rings. The van der Waals surface area contributed by atoms with Gasteiger partial charge in [0.2, 0.25) is 11.8 Å². The maximum absolute atomic E-state index is 12.4. The Morgan fingerprint density at radius 3 is 1.48 bits per heavy atom. The van der Waals surface area contributed by atoms with E-state index in [1.165, 1.54) is 5.56 Å². The first kappa shape index (κ1) is 30.4. The molecule has 6 nitrogen and oxygen atoms in total. The summed E-state index contributed by atoms with van der Waals surface area (Å²) in [5.74, 6) is 1.41. The van der Waals surface area contributed by atoms with Crippen molar-refractivity contribution in [2.24, 2.45) is 0 Å². The molecule has 4 rings (SSSR count). The van der Waals surface area contributed by atoms with Crippen molar-refractivity contribution < 1.29 is 19.1 Å². The van der Waals surface area contributed by atoms with E-state index in [1.54, 1.807) is 0 Å². The van der Waals surface area contributed by atoms with Crippen LogP contribution in [0.3, 0.4) is 0 Å². The lowest BCUT2D eigenvalue weighted by atomic mass is 10.1. The number of carbonyl (C=O) groups excluding carboxylic acids is 2. The Bertz CT molecular complexity index is 1360. The van der Waals surface area contributed by atoms with Crippen molar-refractivity contribution >= 4 is 11.8 Å². The molecule has 0 heterocycles. The van der Waals surface area contributed by atoms with Crippen LogP contribution in [0.2, 0.25) is 0 Å². The molecule has 4 aromatic carbocycles. The van der Waals surface area contributed by atoms with Gasteiger partial charge in [0.15, 0.2) is 11.5 Å². The van der Waals surface area contributed by atoms with Crippen LogP contribution in [0.4, 0.5) is 0 Å². The van der Waals surface area contributed by atoms with Crippen LogP contribution in [-0.2, 0) is 35.6 Å². The Morgan fingerprint density at radius 1 is 0.500 bits per heavy atom. The first-order valence-corrected chi connectivity index (χ1v) is 14.7. The maximum atomic E-state index is 12.4. The third-order valence-electron chi connectivity index (χ3n) is 6.85. The highest BCUT2D eigenvalue weighted by Crippen LogP contribution is 2.30. The number of hydrogen-bond donors (Lipinski definition) is 2. The first-order valence-electron chi connectivity index (χ1n) is 14.7. The Morgan fingerprint density at radius 2 is 0.952 bits per heavy atom. The number of unbranched alkanes of at least 4 members (excludes halogenated alkanes) is 1. The van der Waals surface area contributed by atoms with E-state index in [0.717, 1.165) is 23.1 Å². The fourth-order valence-electron chi connectivity index (χ4n) is 4.50. The zero-order chi connectivity index (χ0) is 29.2.